The van der Waals surface area contributed by atoms with Gasteiger partial charge in [-0.3, -0.25) is 9.59 Å². The van der Waals surface area contributed by atoms with E-state index in [9.17, 15) is 14.0 Å². The molecule has 0 aliphatic rings. The van der Waals surface area contributed by atoms with E-state index in [4.69, 9.17) is 23.2 Å². The monoisotopic (exact) mass is 346 g/mol. The highest BCUT2D eigenvalue weighted by molar-refractivity contribution is 14.1. The van der Waals surface area contributed by atoms with Crippen LogP contribution in [-0.2, 0) is 0 Å². The lowest BCUT2D eigenvalue weighted by atomic mass is 10.1. The predicted octanol–water partition coefficient (Wildman–Crippen LogP) is 3.19. The van der Waals surface area contributed by atoms with Gasteiger partial charge < -0.3 is 0 Å². The SMILES string of the molecule is O=C(Cl)c1cc(I)cc(C(=O)Cl)c1F. The van der Waals surface area contributed by atoms with Crippen LogP contribution in [0.25, 0.3) is 0 Å². The molecule has 0 saturated heterocycles. The molecule has 0 heterocycles. The molecule has 14 heavy (non-hydrogen) atoms. The fraction of sp³-hybridized carbons (Fsp3) is 0. The molecule has 0 amide bonds. The molecule has 1 rings (SSSR count). The quantitative estimate of drug-likeness (QED) is 0.608. The molecule has 1 aromatic rings. The third-order valence-corrected chi connectivity index (χ3v) is 2.49. The van der Waals surface area contributed by atoms with Gasteiger partial charge in [0, 0.05) is 3.57 Å². The number of hydrogen-bond donors (Lipinski definition) is 0. The van der Waals surface area contributed by atoms with Gasteiger partial charge in [-0.1, -0.05) is 0 Å². The van der Waals surface area contributed by atoms with Gasteiger partial charge in [-0.25, -0.2) is 4.39 Å². The van der Waals surface area contributed by atoms with E-state index >= 15 is 0 Å². The molecular formula is C8H2Cl2FIO2. The van der Waals surface area contributed by atoms with E-state index in [2.05, 4.69) is 0 Å². The molecule has 0 fully saturated rings. The van der Waals surface area contributed by atoms with Crippen molar-refractivity contribution >= 4 is 56.3 Å². The minimum absolute atomic E-state index is 0.345. The molecule has 0 spiro atoms. The van der Waals surface area contributed by atoms with Gasteiger partial charge in [0.2, 0.25) is 0 Å². The molecule has 0 aromatic heterocycles. The van der Waals surface area contributed by atoms with Crippen LogP contribution in [0.1, 0.15) is 20.7 Å². The first-order valence-electron chi connectivity index (χ1n) is 3.32. The Kier molecular flexibility index (Phi) is 3.86. The highest BCUT2D eigenvalue weighted by Crippen LogP contribution is 2.20. The van der Waals surface area contributed by atoms with E-state index in [0.717, 1.165) is 0 Å². The molecule has 0 N–H and O–H groups in total. The number of hydrogen-bond acceptors (Lipinski definition) is 2. The molecule has 0 unspecified atom stereocenters. The second-order valence-corrected chi connectivity index (χ2v) is 4.29. The van der Waals surface area contributed by atoms with Crippen LogP contribution in [0.3, 0.4) is 0 Å². The van der Waals surface area contributed by atoms with Gasteiger partial charge in [0.1, 0.15) is 5.82 Å². The molecule has 0 saturated carbocycles. The maximum absolute atomic E-state index is 13.3. The van der Waals surface area contributed by atoms with E-state index in [1.54, 1.807) is 0 Å². The van der Waals surface area contributed by atoms with E-state index in [-0.39, 0.29) is 11.1 Å². The van der Waals surface area contributed by atoms with Crippen molar-refractivity contribution in [3.8, 4) is 0 Å². The third kappa shape index (κ3) is 2.43. The summed E-state index contributed by atoms with van der Waals surface area (Å²) >= 11 is 12.1. The van der Waals surface area contributed by atoms with Crippen LogP contribution in [-0.4, -0.2) is 10.5 Å². The second kappa shape index (κ2) is 4.55. The van der Waals surface area contributed by atoms with Crippen molar-refractivity contribution < 1.29 is 14.0 Å². The topological polar surface area (TPSA) is 34.1 Å². The molecule has 6 heteroatoms. The number of halogens is 4. The Labute approximate surface area is 103 Å². The first kappa shape index (κ1) is 11.9. The summed E-state index contributed by atoms with van der Waals surface area (Å²) in [5, 5.41) is -1.92. The number of benzene rings is 1. The maximum Gasteiger partial charge on any atom is 0.255 e. The average Bonchev–Trinajstić information content (AvgIpc) is 2.07. The first-order valence-corrected chi connectivity index (χ1v) is 5.15. The minimum atomic E-state index is -0.981. The predicted molar refractivity (Wildman–Crippen MR) is 59.5 cm³/mol. The highest BCUT2D eigenvalue weighted by atomic mass is 127. The minimum Gasteiger partial charge on any atom is -0.275 e. The zero-order valence-electron chi connectivity index (χ0n) is 6.48. The molecule has 0 radical (unpaired) electrons. The Morgan fingerprint density at radius 3 is 1.79 bits per heavy atom. The molecule has 0 aliphatic carbocycles. The molecule has 2 nitrogen and oxygen atoms in total. The van der Waals surface area contributed by atoms with Crippen LogP contribution in [0.5, 0.6) is 0 Å². The van der Waals surface area contributed by atoms with Crippen LogP contribution >= 0.6 is 45.8 Å². The van der Waals surface area contributed by atoms with Gasteiger partial charge in [0.15, 0.2) is 0 Å². The van der Waals surface area contributed by atoms with Crippen molar-refractivity contribution in [1.29, 1.82) is 0 Å². The first-order chi connectivity index (χ1) is 6.43. The zero-order chi connectivity index (χ0) is 10.9. The molecule has 0 atom stereocenters. The smallest absolute Gasteiger partial charge is 0.255 e. The summed E-state index contributed by atoms with van der Waals surface area (Å²) in [5.41, 5.74) is -0.690. The summed E-state index contributed by atoms with van der Waals surface area (Å²) < 4.78 is 13.9. The summed E-state index contributed by atoms with van der Waals surface area (Å²) in [6.45, 7) is 0. The summed E-state index contributed by atoms with van der Waals surface area (Å²) in [6, 6.07) is 2.49. The van der Waals surface area contributed by atoms with Gasteiger partial charge >= 0.3 is 0 Å². The lowest BCUT2D eigenvalue weighted by Crippen LogP contribution is -2.03. The van der Waals surface area contributed by atoms with Gasteiger partial charge in [-0.2, -0.15) is 0 Å². The van der Waals surface area contributed by atoms with E-state index in [1.165, 1.54) is 12.1 Å². The van der Waals surface area contributed by atoms with Crippen molar-refractivity contribution in [3.63, 3.8) is 0 Å². The Balaban J connectivity index is 3.47. The van der Waals surface area contributed by atoms with E-state index in [1.807, 2.05) is 22.6 Å². The molecule has 74 valence electrons. The van der Waals surface area contributed by atoms with Crippen LogP contribution in [0.4, 0.5) is 4.39 Å². The number of carbonyl (C=O) groups is 2. The van der Waals surface area contributed by atoms with Gasteiger partial charge in [0.25, 0.3) is 10.5 Å². The summed E-state index contributed by atoms with van der Waals surface area (Å²) in [7, 11) is 0. The van der Waals surface area contributed by atoms with Crippen LogP contribution in [0.2, 0.25) is 0 Å². The Morgan fingerprint density at radius 2 is 1.50 bits per heavy atom. The maximum atomic E-state index is 13.3. The Hall–Kier alpha value is -0.200. The fourth-order valence-corrected chi connectivity index (χ4v) is 1.77. The largest absolute Gasteiger partial charge is 0.275 e. The van der Waals surface area contributed by atoms with Crippen molar-refractivity contribution in [2.24, 2.45) is 0 Å². The van der Waals surface area contributed by atoms with Crippen molar-refractivity contribution in [2.75, 3.05) is 0 Å². The normalized spacial score (nSPS) is 10.0. The molecule has 1 aromatic carbocycles. The van der Waals surface area contributed by atoms with Crippen molar-refractivity contribution in [2.45, 2.75) is 0 Å². The summed E-state index contributed by atoms with van der Waals surface area (Å²) in [5.74, 6) is -0.981. The van der Waals surface area contributed by atoms with Gasteiger partial charge in [-0.15, -0.1) is 0 Å². The average molecular weight is 347 g/mol. The summed E-state index contributed by atoms with van der Waals surface area (Å²) in [4.78, 5) is 21.5. The molecule has 0 bridgehead atoms. The second-order valence-electron chi connectivity index (χ2n) is 2.36. The van der Waals surface area contributed by atoms with Gasteiger partial charge in [0.05, 0.1) is 11.1 Å². The zero-order valence-corrected chi connectivity index (χ0v) is 10.2. The lowest BCUT2D eigenvalue weighted by Gasteiger charge is -2.02. The number of rotatable bonds is 2. The Bertz CT molecular complexity index is 385. The summed E-state index contributed by atoms with van der Waals surface area (Å²) in [6.07, 6.45) is 0. The van der Waals surface area contributed by atoms with Gasteiger partial charge in [-0.05, 0) is 57.9 Å². The van der Waals surface area contributed by atoms with Crippen LogP contribution in [0.15, 0.2) is 12.1 Å². The lowest BCUT2D eigenvalue weighted by molar-refractivity contribution is 0.107. The number of carbonyl (C=O) groups excluding carboxylic acids is 2. The Morgan fingerprint density at radius 1 is 1.14 bits per heavy atom. The molecule has 0 aliphatic heterocycles. The molecular weight excluding hydrogens is 345 g/mol. The van der Waals surface area contributed by atoms with E-state index in [0.29, 0.717) is 3.57 Å². The van der Waals surface area contributed by atoms with Crippen LogP contribution in [0, 0.1) is 9.39 Å². The van der Waals surface area contributed by atoms with Crippen LogP contribution < -0.4 is 0 Å². The van der Waals surface area contributed by atoms with Crippen molar-refractivity contribution in [1.82, 2.24) is 0 Å². The fourth-order valence-electron chi connectivity index (χ4n) is 0.875. The van der Waals surface area contributed by atoms with Crippen molar-refractivity contribution in [3.05, 3.63) is 32.6 Å². The highest BCUT2D eigenvalue weighted by Gasteiger charge is 2.18. The third-order valence-electron chi connectivity index (χ3n) is 1.46. The standard InChI is InChI=1S/C8H2Cl2FIO2/c9-7(13)4-1-3(12)2-5(6(4)11)8(10)14/h1-2H. The van der Waals surface area contributed by atoms with E-state index < -0.39 is 16.3 Å².